The van der Waals surface area contributed by atoms with E-state index in [4.69, 9.17) is 4.74 Å². The standard InChI is InChI=1S/C53H97NO5/c1-4-7-10-13-16-19-21-23-25-27-28-30-33-35-38-41-44-49(47-52(57)54-50(48-55)51(56)45-42-39-36-32-18-15-12-9-6-3)59-53(58)46-43-40-37-34-31-29-26-24-22-20-17-14-11-8-5-2/h16,19,21,23,25,27-28,30,49-51,55-56H,4-15,17-18,20,22,24,26,29,31-48H2,1-3H3,(H,54,57)/b19-16+,23-21+,27-25+,30-28+. The van der Waals surface area contributed by atoms with E-state index in [1.165, 1.54) is 135 Å². The average molecular weight is 828 g/mol. The molecule has 1 amide bonds. The molecule has 0 aliphatic carbocycles. The number of aliphatic hydroxyl groups is 2. The third-order valence-electron chi connectivity index (χ3n) is 11.5. The predicted octanol–water partition coefficient (Wildman–Crippen LogP) is 15.1. The quantitative estimate of drug-likeness (QED) is 0.0323. The summed E-state index contributed by atoms with van der Waals surface area (Å²) in [6, 6.07) is -0.712. The first kappa shape index (κ1) is 56.8. The van der Waals surface area contributed by atoms with Crippen molar-refractivity contribution < 1.29 is 24.5 Å². The van der Waals surface area contributed by atoms with Crippen LogP contribution in [-0.2, 0) is 14.3 Å². The van der Waals surface area contributed by atoms with E-state index < -0.39 is 18.2 Å². The van der Waals surface area contributed by atoms with E-state index in [-0.39, 0.29) is 24.9 Å². The Balaban J connectivity index is 4.66. The molecule has 0 radical (unpaired) electrons. The maximum absolute atomic E-state index is 13.2. The van der Waals surface area contributed by atoms with Gasteiger partial charge in [-0.1, -0.05) is 236 Å². The molecule has 0 spiro atoms. The highest BCUT2D eigenvalue weighted by Crippen LogP contribution is 2.18. The van der Waals surface area contributed by atoms with Gasteiger partial charge in [-0.2, -0.15) is 0 Å². The van der Waals surface area contributed by atoms with Crippen LogP contribution in [0.2, 0.25) is 0 Å². The molecular formula is C53H97NO5. The number of amides is 1. The zero-order valence-electron chi connectivity index (χ0n) is 39.1. The Labute approximate surface area is 366 Å². The van der Waals surface area contributed by atoms with Crippen LogP contribution in [0.15, 0.2) is 48.6 Å². The number of carbonyl (C=O) groups excluding carboxylic acids is 2. The summed E-state index contributed by atoms with van der Waals surface area (Å²) >= 11 is 0. The first-order chi connectivity index (χ1) is 29.0. The molecule has 0 bridgehead atoms. The lowest BCUT2D eigenvalue weighted by Crippen LogP contribution is -2.46. The summed E-state index contributed by atoms with van der Waals surface area (Å²) in [4.78, 5) is 26.1. The summed E-state index contributed by atoms with van der Waals surface area (Å²) < 4.78 is 5.91. The molecule has 6 heteroatoms. The van der Waals surface area contributed by atoms with Crippen LogP contribution in [0.5, 0.6) is 0 Å². The third kappa shape index (κ3) is 42.3. The number of nitrogens with one attached hydrogen (secondary N) is 1. The molecule has 3 atom stereocenters. The Hall–Kier alpha value is -2.18. The highest BCUT2D eigenvalue weighted by molar-refractivity contribution is 5.77. The second-order valence-corrected chi connectivity index (χ2v) is 17.3. The van der Waals surface area contributed by atoms with Gasteiger partial charge in [0.1, 0.15) is 6.10 Å². The molecule has 59 heavy (non-hydrogen) atoms. The number of allylic oxidation sites excluding steroid dienone is 8. The van der Waals surface area contributed by atoms with Gasteiger partial charge in [0, 0.05) is 6.42 Å². The van der Waals surface area contributed by atoms with E-state index in [2.05, 4.69) is 68.6 Å². The Bertz CT molecular complexity index is 1020. The molecule has 0 fully saturated rings. The molecule has 0 saturated heterocycles. The number of unbranched alkanes of at least 4 members (excludes halogenated alkanes) is 28. The second-order valence-electron chi connectivity index (χ2n) is 17.3. The molecule has 0 saturated carbocycles. The van der Waals surface area contributed by atoms with Crippen molar-refractivity contribution in [1.82, 2.24) is 5.32 Å². The fourth-order valence-corrected chi connectivity index (χ4v) is 7.62. The lowest BCUT2D eigenvalue weighted by molar-refractivity contribution is -0.151. The molecule has 0 aromatic carbocycles. The lowest BCUT2D eigenvalue weighted by Gasteiger charge is -2.24. The molecule has 3 unspecified atom stereocenters. The topological polar surface area (TPSA) is 95.9 Å². The predicted molar refractivity (Wildman–Crippen MR) is 255 cm³/mol. The summed E-state index contributed by atoms with van der Waals surface area (Å²) in [5.74, 6) is -0.506. The maximum Gasteiger partial charge on any atom is 0.306 e. The molecule has 0 aromatic heterocycles. The number of esters is 1. The van der Waals surface area contributed by atoms with E-state index in [9.17, 15) is 19.8 Å². The van der Waals surface area contributed by atoms with Crippen LogP contribution in [0, 0.1) is 0 Å². The van der Waals surface area contributed by atoms with E-state index >= 15 is 0 Å². The number of ether oxygens (including phenoxy) is 1. The lowest BCUT2D eigenvalue weighted by atomic mass is 10.0. The van der Waals surface area contributed by atoms with Gasteiger partial charge in [0.15, 0.2) is 0 Å². The highest BCUT2D eigenvalue weighted by Gasteiger charge is 2.24. The molecule has 344 valence electrons. The van der Waals surface area contributed by atoms with Gasteiger partial charge in [0.2, 0.25) is 5.91 Å². The second kappa shape index (κ2) is 46.9. The monoisotopic (exact) mass is 828 g/mol. The highest BCUT2D eigenvalue weighted by atomic mass is 16.5. The average Bonchev–Trinajstić information content (AvgIpc) is 3.23. The molecule has 0 rings (SSSR count). The van der Waals surface area contributed by atoms with E-state index in [1.807, 2.05) is 6.08 Å². The normalized spacial score (nSPS) is 13.6. The fourth-order valence-electron chi connectivity index (χ4n) is 7.62. The molecule has 0 heterocycles. The molecule has 0 aliphatic heterocycles. The van der Waals surface area contributed by atoms with E-state index in [0.717, 1.165) is 70.6 Å². The van der Waals surface area contributed by atoms with Crippen LogP contribution in [0.3, 0.4) is 0 Å². The maximum atomic E-state index is 13.2. The Kier molecular flexibility index (Phi) is 45.1. The van der Waals surface area contributed by atoms with Crippen LogP contribution in [0.1, 0.15) is 252 Å². The van der Waals surface area contributed by atoms with Gasteiger partial charge >= 0.3 is 5.97 Å². The van der Waals surface area contributed by atoms with Crippen LogP contribution in [-0.4, -0.2) is 46.9 Å². The van der Waals surface area contributed by atoms with E-state index in [1.54, 1.807) is 0 Å². The van der Waals surface area contributed by atoms with Gasteiger partial charge in [-0.3, -0.25) is 9.59 Å². The van der Waals surface area contributed by atoms with Crippen molar-refractivity contribution in [1.29, 1.82) is 0 Å². The van der Waals surface area contributed by atoms with Gasteiger partial charge in [-0.25, -0.2) is 0 Å². The van der Waals surface area contributed by atoms with Crippen molar-refractivity contribution in [3.8, 4) is 0 Å². The van der Waals surface area contributed by atoms with Crippen molar-refractivity contribution in [2.24, 2.45) is 0 Å². The van der Waals surface area contributed by atoms with Gasteiger partial charge in [0.05, 0.1) is 25.2 Å². The molecule has 0 aliphatic rings. The van der Waals surface area contributed by atoms with Gasteiger partial charge < -0.3 is 20.3 Å². The van der Waals surface area contributed by atoms with Crippen molar-refractivity contribution in [2.45, 2.75) is 270 Å². The van der Waals surface area contributed by atoms with Gasteiger partial charge in [0.25, 0.3) is 0 Å². The Morgan fingerprint density at radius 1 is 0.492 bits per heavy atom. The summed E-state index contributed by atoms with van der Waals surface area (Å²) in [6.45, 7) is 6.42. The SMILES string of the molecule is CCCCC/C=C/C=C/C=C/C=C/CCCCCC(CC(=O)NC(CO)C(O)CCCCCCCCCCC)OC(=O)CCCCCCCCCCCCCCCCC. The van der Waals surface area contributed by atoms with Crippen molar-refractivity contribution >= 4 is 11.9 Å². The zero-order valence-corrected chi connectivity index (χ0v) is 39.1. The largest absolute Gasteiger partial charge is 0.462 e. The Morgan fingerprint density at radius 3 is 1.34 bits per heavy atom. The molecule has 6 nitrogen and oxygen atoms in total. The summed E-state index contributed by atoms with van der Waals surface area (Å²) in [6.07, 6.45) is 56.0. The minimum atomic E-state index is -0.796. The van der Waals surface area contributed by atoms with Gasteiger partial charge in [-0.15, -0.1) is 0 Å². The van der Waals surface area contributed by atoms with Crippen LogP contribution in [0.4, 0.5) is 0 Å². The molecule has 0 aromatic rings. The van der Waals surface area contributed by atoms with Crippen LogP contribution in [0.25, 0.3) is 0 Å². The number of rotatable bonds is 45. The van der Waals surface area contributed by atoms with Crippen LogP contribution >= 0.6 is 0 Å². The Morgan fingerprint density at radius 2 is 0.864 bits per heavy atom. The zero-order chi connectivity index (χ0) is 43.1. The number of hydrogen-bond acceptors (Lipinski definition) is 5. The number of aliphatic hydroxyl groups excluding tert-OH is 2. The number of carbonyl (C=O) groups is 2. The third-order valence-corrected chi connectivity index (χ3v) is 11.5. The summed E-state index contributed by atoms with van der Waals surface area (Å²) in [5.41, 5.74) is 0. The number of hydrogen-bond donors (Lipinski definition) is 3. The van der Waals surface area contributed by atoms with Crippen molar-refractivity contribution in [3.05, 3.63) is 48.6 Å². The van der Waals surface area contributed by atoms with E-state index in [0.29, 0.717) is 19.3 Å². The van der Waals surface area contributed by atoms with Crippen molar-refractivity contribution in [2.75, 3.05) is 6.61 Å². The smallest absolute Gasteiger partial charge is 0.306 e. The minimum Gasteiger partial charge on any atom is -0.462 e. The summed E-state index contributed by atoms with van der Waals surface area (Å²) in [7, 11) is 0. The molecular weight excluding hydrogens is 731 g/mol. The fraction of sp³-hybridized carbons (Fsp3) is 0.811. The summed E-state index contributed by atoms with van der Waals surface area (Å²) in [5, 5.41) is 23.7. The first-order valence-corrected chi connectivity index (χ1v) is 25.4. The molecule has 3 N–H and O–H groups in total. The minimum absolute atomic E-state index is 0.0536. The first-order valence-electron chi connectivity index (χ1n) is 25.4. The van der Waals surface area contributed by atoms with Crippen LogP contribution < -0.4 is 5.32 Å². The van der Waals surface area contributed by atoms with Gasteiger partial charge in [-0.05, 0) is 51.4 Å². The van der Waals surface area contributed by atoms with Crippen molar-refractivity contribution in [3.63, 3.8) is 0 Å².